The Balaban J connectivity index is 2.42. The number of hydrogen-bond acceptors (Lipinski definition) is 8. The first-order chi connectivity index (χ1) is 14.9. The third-order valence-corrected chi connectivity index (χ3v) is 7.11. The van der Waals surface area contributed by atoms with Crippen molar-refractivity contribution in [1.29, 1.82) is 0 Å². The molecule has 0 radical (unpaired) electrons. The minimum Gasteiger partial charge on any atom is -0.508 e. The van der Waals surface area contributed by atoms with Crippen molar-refractivity contribution < 1.29 is 34.0 Å². The molecule has 2 aromatic carbocycles. The molecule has 0 atom stereocenters. The van der Waals surface area contributed by atoms with Gasteiger partial charge in [-0.1, -0.05) is 12.1 Å². The molecule has 2 aromatic rings. The van der Waals surface area contributed by atoms with Gasteiger partial charge in [-0.3, -0.25) is 4.57 Å². The van der Waals surface area contributed by atoms with Crippen molar-refractivity contribution in [3.8, 4) is 23.0 Å². The number of aromatic hydroxyl groups is 4. The summed E-state index contributed by atoms with van der Waals surface area (Å²) in [4.78, 5) is 0. The third kappa shape index (κ3) is 6.17. The second-order valence-corrected chi connectivity index (χ2v) is 10.3. The first-order valence-electron chi connectivity index (χ1n) is 10.6. The molecule has 0 aliphatic heterocycles. The monoisotopic (exact) mass is 467 g/mol. The van der Waals surface area contributed by atoms with Crippen LogP contribution in [0.5, 0.6) is 23.0 Å². The summed E-state index contributed by atoms with van der Waals surface area (Å²) in [7, 11) is -3.45. The second-order valence-electron chi connectivity index (χ2n) is 8.38. The van der Waals surface area contributed by atoms with Gasteiger partial charge in [-0.25, -0.2) is 0 Å². The van der Waals surface area contributed by atoms with Gasteiger partial charge in [0.2, 0.25) is 0 Å². The summed E-state index contributed by atoms with van der Waals surface area (Å²) >= 11 is 0. The Labute approximate surface area is 189 Å². The summed E-state index contributed by atoms with van der Waals surface area (Å²) in [5.74, 6) is -0.905. The van der Waals surface area contributed by atoms with E-state index in [0.29, 0.717) is 22.3 Å². The first kappa shape index (κ1) is 26.0. The van der Waals surface area contributed by atoms with Crippen molar-refractivity contribution in [3.63, 3.8) is 0 Å². The molecule has 178 valence electrons. The van der Waals surface area contributed by atoms with E-state index in [4.69, 9.17) is 9.05 Å². The van der Waals surface area contributed by atoms with Crippen LogP contribution in [0.2, 0.25) is 0 Å². The summed E-state index contributed by atoms with van der Waals surface area (Å²) in [5.41, 5.74) is 1.52. The molecule has 2 rings (SSSR count). The van der Waals surface area contributed by atoms with Crippen molar-refractivity contribution >= 4 is 7.60 Å². The van der Waals surface area contributed by atoms with Crippen LogP contribution in [-0.2, 0) is 13.6 Å². The highest BCUT2D eigenvalue weighted by Crippen LogP contribution is 2.49. The number of nitrogens with one attached hydrogen (secondary N) is 1. The lowest BCUT2D eigenvalue weighted by Crippen LogP contribution is -2.26. The van der Waals surface area contributed by atoms with Crippen LogP contribution in [0.15, 0.2) is 24.3 Å². The van der Waals surface area contributed by atoms with E-state index in [0.717, 1.165) is 0 Å². The molecule has 0 unspecified atom stereocenters. The number of hydrogen-bond donors (Lipinski definition) is 5. The van der Waals surface area contributed by atoms with Crippen LogP contribution < -0.4 is 5.32 Å². The number of phenolic OH excluding ortho intramolecular Hbond substituents is 4. The smallest absolute Gasteiger partial charge is 0.344 e. The second kappa shape index (κ2) is 10.6. The van der Waals surface area contributed by atoms with Gasteiger partial charge >= 0.3 is 7.60 Å². The Morgan fingerprint density at radius 2 is 1.22 bits per heavy atom. The Kier molecular flexibility index (Phi) is 8.60. The number of benzene rings is 2. The SMILES string of the molecule is Cc1c(O)ccc(C(CNCP(=O)(OC(C)C)OC(C)C)c2ccc(O)c(C)c2O)c1O. The minimum atomic E-state index is -3.45. The van der Waals surface area contributed by atoms with Crippen LogP contribution in [0.4, 0.5) is 0 Å². The van der Waals surface area contributed by atoms with Crippen LogP contribution in [0, 0.1) is 13.8 Å². The molecule has 0 aliphatic carbocycles. The molecular formula is C23H34NO7P. The molecule has 9 heteroatoms. The van der Waals surface area contributed by atoms with E-state index >= 15 is 0 Å². The summed E-state index contributed by atoms with van der Waals surface area (Å²) in [5, 5.41) is 44.4. The van der Waals surface area contributed by atoms with E-state index < -0.39 is 13.5 Å². The zero-order valence-electron chi connectivity index (χ0n) is 19.4. The molecule has 0 spiro atoms. The van der Waals surface area contributed by atoms with E-state index in [1.165, 1.54) is 12.1 Å². The highest BCUT2D eigenvalue weighted by Gasteiger charge is 2.29. The molecule has 0 fully saturated rings. The quantitative estimate of drug-likeness (QED) is 0.314. The fraction of sp³-hybridized carbons (Fsp3) is 0.478. The van der Waals surface area contributed by atoms with Gasteiger partial charge in [0.1, 0.15) is 23.0 Å². The molecule has 0 saturated heterocycles. The molecule has 0 bridgehead atoms. The van der Waals surface area contributed by atoms with E-state index in [2.05, 4.69) is 5.32 Å². The molecular weight excluding hydrogens is 433 g/mol. The van der Waals surface area contributed by atoms with Crippen molar-refractivity contribution in [2.75, 3.05) is 12.8 Å². The molecule has 0 amide bonds. The van der Waals surface area contributed by atoms with Crippen LogP contribution in [0.25, 0.3) is 0 Å². The van der Waals surface area contributed by atoms with E-state index in [-0.39, 0.29) is 48.0 Å². The Morgan fingerprint density at radius 3 is 1.59 bits per heavy atom. The number of phenols is 4. The maximum atomic E-state index is 13.1. The molecule has 0 saturated carbocycles. The van der Waals surface area contributed by atoms with Gasteiger partial charge in [-0.15, -0.1) is 0 Å². The summed E-state index contributed by atoms with van der Waals surface area (Å²) < 4.78 is 24.3. The predicted molar refractivity (Wildman–Crippen MR) is 124 cm³/mol. The van der Waals surface area contributed by atoms with Gasteiger partial charge in [0.05, 0.1) is 18.5 Å². The molecule has 32 heavy (non-hydrogen) atoms. The van der Waals surface area contributed by atoms with Crippen molar-refractivity contribution in [1.82, 2.24) is 5.32 Å². The minimum absolute atomic E-state index is 0.0516. The Hall–Kier alpha value is -2.25. The van der Waals surface area contributed by atoms with Gasteiger partial charge in [0, 0.05) is 34.7 Å². The average Bonchev–Trinajstić information content (AvgIpc) is 2.68. The lowest BCUT2D eigenvalue weighted by Gasteiger charge is -2.26. The van der Waals surface area contributed by atoms with Crippen LogP contribution >= 0.6 is 7.60 Å². The summed E-state index contributed by atoms with van der Waals surface area (Å²) in [6.45, 7) is 10.4. The Bertz CT molecular complexity index is 919. The standard InChI is InChI=1S/C23H34NO7P/c1-13(2)30-32(29,31-14(3)4)12-24-11-19(17-7-9-20(25)15(5)22(17)27)18-8-10-21(26)16(6)23(18)28/h7-10,13-14,19,24-28H,11-12H2,1-6H3. The van der Waals surface area contributed by atoms with Crippen molar-refractivity contribution in [2.45, 2.75) is 59.7 Å². The van der Waals surface area contributed by atoms with Crippen molar-refractivity contribution in [2.24, 2.45) is 0 Å². The largest absolute Gasteiger partial charge is 0.508 e. The fourth-order valence-corrected chi connectivity index (χ4v) is 5.34. The fourth-order valence-electron chi connectivity index (χ4n) is 3.46. The zero-order chi connectivity index (χ0) is 24.2. The zero-order valence-corrected chi connectivity index (χ0v) is 20.3. The summed E-state index contributed by atoms with van der Waals surface area (Å²) in [6.07, 6.45) is -0.676. The van der Waals surface area contributed by atoms with Crippen LogP contribution in [0.3, 0.4) is 0 Å². The maximum Gasteiger partial charge on any atom is 0.344 e. The van der Waals surface area contributed by atoms with Crippen molar-refractivity contribution in [3.05, 3.63) is 46.5 Å². The molecule has 0 aromatic heterocycles. The van der Waals surface area contributed by atoms with Crippen LogP contribution in [-0.4, -0.2) is 45.5 Å². The highest BCUT2D eigenvalue weighted by molar-refractivity contribution is 7.53. The predicted octanol–water partition coefficient (Wildman–Crippen LogP) is 4.85. The summed E-state index contributed by atoms with van der Waals surface area (Å²) in [6, 6.07) is 6.08. The van der Waals surface area contributed by atoms with Crippen LogP contribution in [0.1, 0.15) is 55.9 Å². The van der Waals surface area contributed by atoms with Gasteiger partial charge in [-0.05, 0) is 53.7 Å². The van der Waals surface area contributed by atoms with E-state index in [9.17, 15) is 25.0 Å². The van der Waals surface area contributed by atoms with Gasteiger partial charge in [0.15, 0.2) is 0 Å². The maximum absolute atomic E-state index is 13.1. The lowest BCUT2D eigenvalue weighted by atomic mass is 9.87. The molecule has 8 nitrogen and oxygen atoms in total. The normalized spacial score (nSPS) is 12.3. The molecule has 0 heterocycles. The van der Waals surface area contributed by atoms with E-state index in [1.54, 1.807) is 53.7 Å². The third-order valence-electron chi connectivity index (χ3n) is 5.01. The topological polar surface area (TPSA) is 128 Å². The lowest BCUT2D eigenvalue weighted by molar-refractivity contribution is 0.141. The van der Waals surface area contributed by atoms with Gasteiger partial charge in [-0.2, -0.15) is 0 Å². The average molecular weight is 467 g/mol. The molecule has 5 N–H and O–H groups in total. The molecule has 0 aliphatic rings. The van der Waals surface area contributed by atoms with Gasteiger partial charge < -0.3 is 34.8 Å². The van der Waals surface area contributed by atoms with E-state index in [1.807, 2.05) is 0 Å². The first-order valence-corrected chi connectivity index (χ1v) is 12.3. The Morgan fingerprint density at radius 1 is 0.812 bits per heavy atom. The highest BCUT2D eigenvalue weighted by atomic mass is 31.2. The van der Waals surface area contributed by atoms with Gasteiger partial charge in [0.25, 0.3) is 0 Å². The number of rotatable bonds is 10.